The van der Waals surface area contributed by atoms with Crippen LogP contribution in [0.5, 0.6) is 0 Å². The third-order valence-corrected chi connectivity index (χ3v) is 2.13. The fourth-order valence-corrected chi connectivity index (χ4v) is 1.29. The zero-order chi connectivity index (χ0) is 11.1. The fourth-order valence-electron chi connectivity index (χ4n) is 1.29. The van der Waals surface area contributed by atoms with E-state index in [2.05, 4.69) is 30.4 Å². The van der Waals surface area contributed by atoms with Crippen LogP contribution in [-0.2, 0) is 0 Å². The Morgan fingerprint density at radius 3 is 2.47 bits per heavy atom. The van der Waals surface area contributed by atoms with Crippen molar-refractivity contribution in [3.8, 4) is 6.07 Å². The number of hydrogen-bond acceptors (Lipinski definition) is 3. The van der Waals surface area contributed by atoms with Crippen LogP contribution in [-0.4, -0.2) is 32.1 Å². The summed E-state index contributed by atoms with van der Waals surface area (Å²) in [5.74, 6) is 0. The number of benzene rings is 1. The molecule has 0 aliphatic heterocycles. The fraction of sp³-hybridized carbons (Fsp3) is 0.417. The number of nitrogens with zero attached hydrogens (tertiary/aromatic N) is 2. The first-order chi connectivity index (χ1) is 7.22. The summed E-state index contributed by atoms with van der Waals surface area (Å²) in [7, 11) is 4.14. The largest absolute Gasteiger partial charge is 0.385 e. The lowest BCUT2D eigenvalue weighted by molar-refractivity contribution is 0.405. The summed E-state index contributed by atoms with van der Waals surface area (Å²) in [5.41, 5.74) is 1.78. The second kappa shape index (κ2) is 6.05. The van der Waals surface area contributed by atoms with Crippen molar-refractivity contribution in [3.05, 3.63) is 29.8 Å². The smallest absolute Gasteiger partial charge is 0.0991 e. The van der Waals surface area contributed by atoms with Crippen molar-refractivity contribution in [2.45, 2.75) is 6.42 Å². The van der Waals surface area contributed by atoms with Crippen LogP contribution in [0.25, 0.3) is 0 Å². The second-order valence-corrected chi connectivity index (χ2v) is 3.77. The minimum absolute atomic E-state index is 0.703. The van der Waals surface area contributed by atoms with Gasteiger partial charge in [0.2, 0.25) is 0 Å². The van der Waals surface area contributed by atoms with Crippen LogP contribution in [0.1, 0.15) is 12.0 Å². The summed E-state index contributed by atoms with van der Waals surface area (Å²) in [6.07, 6.45) is 1.12. The highest BCUT2D eigenvalue weighted by Gasteiger charge is 1.93. The SMILES string of the molecule is CN(C)CCCNc1ccc(C#N)cc1. The average molecular weight is 203 g/mol. The van der Waals surface area contributed by atoms with Crippen molar-refractivity contribution >= 4 is 5.69 Å². The van der Waals surface area contributed by atoms with Crippen LogP contribution >= 0.6 is 0 Å². The maximum atomic E-state index is 8.63. The molecule has 1 aromatic carbocycles. The molecule has 0 heterocycles. The Morgan fingerprint density at radius 2 is 1.93 bits per heavy atom. The average Bonchev–Trinajstić information content (AvgIpc) is 2.25. The molecule has 0 saturated heterocycles. The monoisotopic (exact) mass is 203 g/mol. The van der Waals surface area contributed by atoms with Gasteiger partial charge in [0.1, 0.15) is 0 Å². The van der Waals surface area contributed by atoms with Crippen molar-refractivity contribution in [2.75, 3.05) is 32.5 Å². The molecule has 0 bridgehead atoms. The van der Waals surface area contributed by atoms with Crippen LogP contribution in [0.15, 0.2) is 24.3 Å². The third-order valence-electron chi connectivity index (χ3n) is 2.13. The maximum Gasteiger partial charge on any atom is 0.0991 e. The molecule has 0 unspecified atom stereocenters. The van der Waals surface area contributed by atoms with E-state index in [4.69, 9.17) is 5.26 Å². The van der Waals surface area contributed by atoms with Gasteiger partial charge in [0, 0.05) is 12.2 Å². The number of rotatable bonds is 5. The highest BCUT2D eigenvalue weighted by Crippen LogP contribution is 2.08. The summed E-state index contributed by atoms with van der Waals surface area (Å²) in [6, 6.07) is 9.63. The number of nitrogens with one attached hydrogen (secondary N) is 1. The van der Waals surface area contributed by atoms with E-state index in [0.29, 0.717) is 5.56 Å². The Hall–Kier alpha value is -1.53. The minimum atomic E-state index is 0.703. The molecule has 0 saturated carbocycles. The number of hydrogen-bond donors (Lipinski definition) is 1. The molecule has 0 atom stereocenters. The zero-order valence-electron chi connectivity index (χ0n) is 9.33. The second-order valence-electron chi connectivity index (χ2n) is 3.77. The molecule has 80 valence electrons. The van der Waals surface area contributed by atoms with E-state index in [1.807, 2.05) is 24.3 Å². The maximum absolute atomic E-state index is 8.63. The minimum Gasteiger partial charge on any atom is -0.385 e. The molecule has 0 aliphatic carbocycles. The Labute approximate surface area is 91.3 Å². The summed E-state index contributed by atoms with van der Waals surface area (Å²) < 4.78 is 0. The van der Waals surface area contributed by atoms with Gasteiger partial charge < -0.3 is 10.2 Å². The molecule has 3 heteroatoms. The van der Waals surface area contributed by atoms with Gasteiger partial charge in [0.05, 0.1) is 11.6 Å². The molecule has 15 heavy (non-hydrogen) atoms. The molecule has 0 aliphatic rings. The highest BCUT2D eigenvalue weighted by molar-refractivity contribution is 5.46. The van der Waals surface area contributed by atoms with Crippen molar-refractivity contribution in [1.82, 2.24) is 4.90 Å². The van der Waals surface area contributed by atoms with E-state index in [1.54, 1.807) is 0 Å². The standard InChI is InChI=1S/C12H17N3/c1-15(2)9-3-8-14-12-6-4-11(10-13)5-7-12/h4-7,14H,3,8-9H2,1-2H3. The first-order valence-corrected chi connectivity index (χ1v) is 5.11. The molecule has 1 N–H and O–H groups in total. The van der Waals surface area contributed by atoms with Crippen LogP contribution in [0, 0.1) is 11.3 Å². The quantitative estimate of drug-likeness (QED) is 0.743. The molecule has 0 radical (unpaired) electrons. The van der Waals surface area contributed by atoms with E-state index >= 15 is 0 Å². The van der Waals surface area contributed by atoms with Gasteiger partial charge in [-0.25, -0.2) is 0 Å². The van der Waals surface area contributed by atoms with Crippen LogP contribution < -0.4 is 5.32 Å². The predicted octanol–water partition coefficient (Wildman–Crippen LogP) is 1.92. The third kappa shape index (κ3) is 4.48. The summed E-state index contributed by atoms with van der Waals surface area (Å²) >= 11 is 0. The first-order valence-electron chi connectivity index (χ1n) is 5.11. The first kappa shape index (κ1) is 11.5. The zero-order valence-corrected chi connectivity index (χ0v) is 9.33. The van der Waals surface area contributed by atoms with E-state index in [1.165, 1.54) is 0 Å². The van der Waals surface area contributed by atoms with E-state index in [9.17, 15) is 0 Å². The van der Waals surface area contributed by atoms with Gasteiger partial charge in [0.25, 0.3) is 0 Å². The lowest BCUT2D eigenvalue weighted by atomic mass is 10.2. The molecular formula is C12H17N3. The molecular weight excluding hydrogens is 186 g/mol. The lowest BCUT2D eigenvalue weighted by Crippen LogP contribution is -2.16. The van der Waals surface area contributed by atoms with Crippen molar-refractivity contribution in [3.63, 3.8) is 0 Å². The van der Waals surface area contributed by atoms with Gasteiger partial charge in [-0.15, -0.1) is 0 Å². The molecule has 1 rings (SSSR count). The van der Waals surface area contributed by atoms with Gasteiger partial charge >= 0.3 is 0 Å². The molecule has 0 amide bonds. The number of anilines is 1. The van der Waals surface area contributed by atoms with Gasteiger partial charge in [0.15, 0.2) is 0 Å². The molecule has 0 fully saturated rings. The van der Waals surface area contributed by atoms with Gasteiger partial charge in [-0.1, -0.05) is 0 Å². The van der Waals surface area contributed by atoms with Gasteiger partial charge in [-0.2, -0.15) is 5.26 Å². The molecule has 3 nitrogen and oxygen atoms in total. The summed E-state index contributed by atoms with van der Waals surface area (Å²) in [4.78, 5) is 2.17. The lowest BCUT2D eigenvalue weighted by Gasteiger charge is -2.10. The van der Waals surface area contributed by atoms with E-state index < -0.39 is 0 Å². The Balaban J connectivity index is 2.29. The normalized spacial score (nSPS) is 10.0. The van der Waals surface area contributed by atoms with Gasteiger partial charge in [-0.05, 0) is 51.3 Å². The van der Waals surface area contributed by atoms with E-state index in [-0.39, 0.29) is 0 Å². The highest BCUT2D eigenvalue weighted by atomic mass is 15.1. The summed E-state index contributed by atoms with van der Waals surface area (Å²) in [6.45, 7) is 2.05. The predicted molar refractivity (Wildman–Crippen MR) is 62.8 cm³/mol. The van der Waals surface area contributed by atoms with Crippen molar-refractivity contribution in [2.24, 2.45) is 0 Å². The van der Waals surface area contributed by atoms with Gasteiger partial charge in [-0.3, -0.25) is 0 Å². The topological polar surface area (TPSA) is 39.1 Å². The van der Waals surface area contributed by atoms with Crippen LogP contribution in [0.2, 0.25) is 0 Å². The van der Waals surface area contributed by atoms with Crippen molar-refractivity contribution < 1.29 is 0 Å². The Bertz CT molecular complexity index is 322. The Morgan fingerprint density at radius 1 is 1.27 bits per heavy atom. The molecule has 1 aromatic rings. The van der Waals surface area contributed by atoms with Crippen molar-refractivity contribution in [1.29, 1.82) is 5.26 Å². The Kier molecular flexibility index (Phi) is 4.65. The van der Waals surface area contributed by atoms with Crippen LogP contribution in [0.3, 0.4) is 0 Å². The van der Waals surface area contributed by atoms with E-state index in [0.717, 1.165) is 25.2 Å². The number of nitriles is 1. The summed E-state index contributed by atoms with van der Waals surface area (Å²) in [5, 5.41) is 11.9. The molecule has 0 aromatic heterocycles. The van der Waals surface area contributed by atoms with Crippen LogP contribution in [0.4, 0.5) is 5.69 Å². The molecule has 0 spiro atoms.